The average molecular weight is 385 g/mol. The third-order valence-electron chi connectivity index (χ3n) is 4.48. The molecule has 0 saturated heterocycles. The van der Waals surface area contributed by atoms with Gasteiger partial charge in [-0.2, -0.15) is 0 Å². The van der Waals surface area contributed by atoms with Crippen LogP contribution in [0.15, 0.2) is 29.3 Å². The molecule has 1 N–H and O–H groups in total. The molecule has 1 aromatic carbocycles. The van der Waals surface area contributed by atoms with Gasteiger partial charge in [0.05, 0.1) is 18.3 Å². The second kappa shape index (κ2) is 7.92. The summed E-state index contributed by atoms with van der Waals surface area (Å²) in [5.74, 6) is 0.566. The highest BCUT2D eigenvalue weighted by Crippen LogP contribution is 2.25. The van der Waals surface area contributed by atoms with Crippen molar-refractivity contribution in [2.45, 2.75) is 34.2 Å². The van der Waals surface area contributed by atoms with E-state index in [1.54, 1.807) is 0 Å². The summed E-state index contributed by atoms with van der Waals surface area (Å²) in [4.78, 5) is 30.9. The predicted octanol–water partition coefficient (Wildman–Crippen LogP) is 2.89. The van der Waals surface area contributed by atoms with E-state index in [9.17, 15) is 9.59 Å². The van der Waals surface area contributed by atoms with Crippen LogP contribution < -0.4 is 15.6 Å². The van der Waals surface area contributed by atoms with Crippen LogP contribution in [0.25, 0.3) is 10.2 Å². The van der Waals surface area contributed by atoms with Crippen molar-refractivity contribution in [3.8, 4) is 5.75 Å². The molecule has 0 fully saturated rings. The Morgan fingerprint density at radius 2 is 2.04 bits per heavy atom. The Balaban J connectivity index is 1.56. The van der Waals surface area contributed by atoms with Gasteiger partial charge in [-0.05, 0) is 44.9 Å². The highest BCUT2D eigenvalue weighted by atomic mass is 32.1. The fraction of sp³-hybridized carbons (Fsp3) is 0.350. The van der Waals surface area contributed by atoms with Crippen LogP contribution in [0.1, 0.15) is 21.6 Å². The number of aryl methyl sites for hydroxylation is 4. The largest absolute Gasteiger partial charge is 0.491 e. The highest BCUT2D eigenvalue weighted by molar-refractivity contribution is 7.18. The maximum Gasteiger partial charge on any atom is 0.262 e. The van der Waals surface area contributed by atoms with E-state index >= 15 is 0 Å². The van der Waals surface area contributed by atoms with Gasteiger partial charge in [-0.1, -0.05) is 17.7 Å². The first-order valence-electron chi connectivity index (χ1n) is 8.78. The number of thiophene rings is 1. The lowest BCUT2D eigenvalue weighted by Gasteiger charge is -2.11. The first-order valence-corrected chi connectivity index (χ1v) is 9.60. The summed E-state index contributed by atoms with van der Waals surface area (Å²) in [7, 11) is 0. The Kier molecular flexibility index (Phi) is 5.60. The molecule has 0 aliphatic rings. The molecule has 0 aliphatic carbocycles. The first-order chi connectivity index (χ1) is 12.9. The molecular weight excluding hydrogens is 362 g/mol. The lowest BCUT2D eigenvalue weighted by atomic mass is 10.1. The maximum absolute atomic E-state index is 12.6. The molecule has 0 unspecified atom stereocenters. The molecule has 6 nitrogen and oxygen atoms in total. The van der Waals surface area contributed by atoms with Gasteiger partial charge in [0, 0.05) is 4.88 Å². The summed E-state index contributed by atoms with van der Waals surface area (Å²) in [6, 6.07) is 5.97. The first kappa shape index (κ1) is 19.1. The fourth-order valence-corrected chi connectivity index (χ4v) is 3.89. The van der Waals surface area contributed by atoms with Crippen molar-refractivity contribution < 1.29 is 9.53 Å². The smallest absolute Gasteiger partial charge is 0.262 e. The van der Waals surface area contributed by atoms with E-state index in [1.165, 1.54) is 27.8 Å². The van der Waals surface area contributed by atoms with Crippen molar-refractivity contribution in [2.24, 2.45) is 0 Å². The number of aromatic nitrogens is 2. The Morgan fingerprint density at radius 1 is 1.26 bits per heavy atom. The molecule has 0 radical (unpaired) electrons. The van der Waals surface area contributed by atoms with E-state index in [4.69, 9.17) is 4.74 Å². The van der Waals surface area contributed by atoms with Gasteiger partial charge in [-0.15, -0.1) is 11.3 Å². The normalized spacial score (nSPS) is 11.0. The lowest BCUT2D eigenvalue weighted by molar-refractivity contribution is -0.121. The number of hydrogen-bond donors (Lipinski definition) is 1. The maximum atomic E-state index is 12.6. The minimum absolute atomic E-state index is 0.0559. The van der Waals surface area contributed by atoms with E-state index in [0.717, 1.165) is 21.8 Å². The van der Waals surface area contributed by atoms with E-state index < -0.39 is 0 Å². The second-order valence-electron chi connectivity index (χ2n) is 6.61. The van der Waals surface area contributed by atoms with Crippen LogP contribution in [0.5, 0.6) is 5.75 Å². The molecule has 3 aromatic rings. The van der Waals surface area contributed by atoms with Gasteiger partial charge in [0.25, 0.3) is 5.56 Å². The van der Waals surface area contributed by atoms with Crippen LogP contribution >= 0.6 is 11.3 Å². The number of benzene rings is 1. The Bertz CT molecular complexity index is 1050. The molecule has 3 rings (SSSR count). The molecule has 0 bridgehead atoms. The van der Waals surface area contributed by atoms with Crippen molar-refractivity contribution in [1.82, 2.24) is 14.9 Å². The molecule has 7 heteroatoms. The average Bonchev–Trinajstić information content (AvgIpc) is 2.91. The van der Waals surface area contributed by atoms with E-state index in [2.05, 4.69) is 16.4 Å². The number of carbonyl (C=O) groups excluding carboxylic acids is 1. The third-order valence-corrected chi connectivity index (χ3v) is 5.60. The topological polar surface area (TPSA) is 73.2 Å². The molecule has 0 aliphatic heterocycles. The summed E-state index contributed by atoms with van der Waals surface area (Å²) in [6.45, 7) is 8.58. The van der Waals surface area contributed by atoms with Crippen LogP contribution in [0.3, 0.4) is 0 Å². The summed E-state index contributed by atoms with van der Waals surface area (Å²) in [5, 5.41) is 3.38. The Hall–Kier alpha value is -2.67. The van der Waals surface area contributed by atoms with Gasteiger partial charge in [-0.25, -0.2) is 4.98 Å². The number of hydrogen-bond acceptors (Lipinski definition) is 5. The summed E-state index contributed by atoms with van der Waals surface area (Å²) < 4.78 is 7.05. The minimum Gasteiger partial charge on any atom is -0.491 e. The van der Waals surface area contributed by atoms with Crippen molar-refractivity contribution in [2.75, 3.05) is 13.2 Å². The van der Waals surface area contributed by atoms with E-state index in [-0.39, 0.29) is 18.0 Å². The summed E-state index contributed by atoms with van der Waals surface area (Å²) in [6.07, 6.45) is 1.44. The number of carbonyl (C=O) groups is 1. The second-order valence-corrected chi connectivity index (χ2v) is 7.81. The third kappa shape index (κ3) is 4.19. The van der Waals surface area contributed by atoms with Crippen molar-refractivity contribution in [3.63, 3.8) is 0 Å². The van der Waals surface area contributed by atoms with Crippen LogP contribution in [0.4, 0.5) is 0 Å². The quantitative estimate of drug-likeness (QED) is 0.662. The van der Waals surface area contributed by atoms with Crippen LogP contribution in [0.2, 0.25) is 0 Å². The number of amides is 1. The zero-order valence-electron chi connectivity index (χ0n) is 16.0. The van der Waals surface area contributed by atoms with Gasteiger partial charge < -0.3 is 10.1 Å². The van der Waals surface area contributed by atoms with Crippen molar-refractivity contribution in [1.29, 1.82) is 0 Å². The SMILES string of the molecule is Cc1ccc(OCCNC(=O)Cn2cnc3sc(C)c(C)c3c2=O)c(C)c1. The lowest BCUT2D eigenvalue weighted by Crippen LogP contribution is -2.34. The number of nitrogens with one attached hydrogen (secondary N) is 1. The zero-order valence-corrected chi connectivity index (χ0v) is 16.8. The van der Waals surface area contributed by atoms with Crippen molar-refractivity contribution in [3.05, 3.63) is 56.4 Å². The molecule has 0 saturated carbocycles. The monoisotopic (exact) mass is 385 g/mol. The van der Waals surface area contributed by atoms with Gasteiger partial charge in [0.15, 0.2) is 0 Å². The molecular formula is C20H23N3O3S. The molecule has 2 heterocycles. The van der Waals surface area contributed by atoms with Gasteiger partial charge in [-0.3, -0.25) is 14.2 Å². The molecule has 142 valence electrons. The molecule has 0 spiro atoms. The molecule has 0 atom stereocenters. The molecule has 1 amide bonds. The number of ether oxygens (including phenoxy) is 1. The standard InChI is InChI=1S/C20H23N3O3S/c1-12-5-6-16(13(2)9-12)26-8-7-21-17(24)10-23-11-22-19-18(20(23)25)14(3)15(4)27-19/h5-6,9,11H,7-8,10H2,1-4H3,(H,21,24). The highest BCUT2D eigenvalue weighted by Gasteiger charge is 2.13. The predicted molar refractivity (Wildman–Crippen MR) is 108 cm³/mol. The zero-order chi connectivity index (χ0) is 19.6. The van der Waals surface area contributed by atoms with Gasteiger partial charge in [0.1, 0.15) is 23.7 Å². The Morgan fingerprint density at radius 3 is 2.78 bits per heavy atom. The van der Waals surface area contributed by atoms with E-state index in [0.29, 0.717) is 23.4 Å². The van der Waals surface area contributed by atoms with Crippen LogP contribution in [0, 0.1) is 27.7 Å². The Labute approximate surface area is 161 Å². The van der Waals surface area contributed by atoms with E-state index in [1.807, 2.05) is 39.8 Å². The fourth-order valence-electron chi connectivity index (χ4n) is 2.91. The number of nitrogens with zero attached hydrogens (tertiary/aromatic N) is 2. The van der Waals surface area contributed by atoms with Gasteiger partial charge >= 0.3 is 0 Å². The number of rotatable bonds is 6. The van der Waals surface area contributed by atoms with Crippen LogP contribution in [-0.2, 0) is 11.3 Å². The van der Waals surface area contributed by atoms with Crippen LogP contribution in [-0.4, -0.2) is 28.6 Å². The van der Waals surface area contributed by atoms with Gasteiger partial charge in [0.2, 0.25) is 5.91 Å². The number of fused-ring (bicyclic) bond motifs is 1. The molecule has 27 heavy (non-hydrogen) atoms. The summed E-state index contributed by atoms with van der Waals surface area (Å²) >= 11 is 1.50. The molecule has 2 aromatic heterocycles. The summed E-state index contributed by atoms with van der Waals surface area (Å²) in [5.41, 5.74) is 3.00. The minimum atomic E-state index is -0.243. The van der Waals surface area contributed by atoms with Crippen molar-refractivity contribution >= 4 is 27.5 Å².